The van der Waals surface area contributed by atoms with Crippen LogP contribution < -0.4 is 16.4 Å². The number of nitrogens with zero attached hydrogens (tertiary/aromatic N) is 4. The molecule has 1 aliphatic rings. The van der Waals surface area contributed by atoms with Crippen LogP contribution in [-0.4, -0.2) is 36.9 Å². The number of nitrogens with two attached hydrogens (primary N) is 1. The average Bonchev–Trinajstić information content (AvgIpc) is 2.52. The van der Waals surface area contributed by atoms with Crippen molar-refractivity contribution in [3.05, 3.63) is 29.8 Å². The van der Waals surface area contributed by atoms with Gasteiger partial charge >= 0.3 is 6.18 Å². The van der Waals surface area contributed by atoms with E-state index in [1.165, 1.54) is 6.07 Å². The van der Waals surface area contributed by atoms with Gasteiger partial charge in [0.2, 0.25) is 11.9 Å². The molecule has 0 unspecified atom stereocenters. The minimum absolute atomic E-state index is 0.0125. The lowest BCUT2D eigenvalue weighted by molar-refractivity contribution is -0.141. The second-order valence-corrected chi connectivity index (χ2v) is 6.27. The Kier molecular flexibility index (Phi) is 4.80. The van der Waals surface area contributed by atoms with Gasteiger partial charge in [-0.25, -0.2) is 8.78 Å². The topological polar surface area (TPSA) is 102 Å². The Bertz CT molecular complexity index is 865. The van der Waals surface area contributed by atoms with Crippen molar-refractivity contribution in [1.82, 2.24) is 19.9 Å². The van der Waals surface area contributed by atoms with Crippen LogP contribution in [0.3, 0.4) is 0 Å². The van der Waals surface area contributed by atoms with Gasteiger partial charge in [0.05, 0.1) is 0 Å². The van der Waals surface area contributed by atoms with Crippen LogP contribution in [-0.2, 0) is 6.18 Å². The van der Waals surface area contributed by atoms with Crippen molar-refractivity contribution < 1.29 is 22.0 Å². The Balaban J connectivity index is 1.83. The Morgan fingerprint density at radius 2 is 1.85 bits per heavy atom. The van der Waals surface area contributed by atoms with Gasteiger partial charge in [-0.1, -0.05) is 12.2 Å². The lowest BCUT2D eigenvalue weighted by atomic mass is 9.88. The molecule has 27 heavy (non-hydrogen) atoms. The average molecular weight is 405 g/mol. The van der Waals surface area contributed by atoms with Crippen LogP contribution in [0.4, 0.5) is 39.5 Å². The van der Waals surface area contributed by atoms with Crippen molar-refractivity contribution in [1.29, 1.82) is 0 Å². The molecule has 1 saturated carbocycles. The highest BCUT2D eigenvalue weighted by molar-refractivity contribution is 7.80. The number of pyridine rings is 1. The first-order valence-corrected chi connectivity index (χ1v) is 7.93. The molecule has 13 heteroatoms. The molecule has 4 N–H and O–H groups in total. The fourth-order valence-electron chi connectivity index (χ4n) is 2.34. The van der Waals surface area contributed by atoms with Gasteiger partial charge in [-0.2, -0.15) is 28.1 Å². The summed E-state index contributed by atoms with van der Waals surface area (Å²) in [7, 11) is 0. The smallest absolute Gasteiger partial charge is 0.387 e. The predicted octanol–water partition coefficient (Wildman–Crippen LogP) is 2.87. The van der Waals surface area contributed by atoms with Crippen LogP contribution in [0.1, 0.15) is 24.4 Å². The number of hydrogen-bond donors (Lipinski definition) is 3. The Morgan fingerprint density at radius 3 is 2.44 bits per heavy atom. The monoisotopic (exact) mass is 405 g/mol. The van der Waals surface area contributed by atoms with E-state index in [0.29, 0.717) is 0 Å². The third kappa shape index (κ3) is 4.72. The number of thiocarbonyl (C=S) groups is 1. The number of hydrogen-bond acceptors (Lipinski definition) is 7. The van der Waals surface area contributed by atoms with Crippen LogP contribution in [0.15, 0.2) is 18.3 Å². The van der Waals surface area contributed by atoms with E-state index < -0.39 is 23.8 Å². The fraction of sp³-hybridized carbons (Fsp3) is 0.357. The highest BCUT2D eigenvalue weighted by atomic mass is 32.1. The van der Waals surface area contributed by atoms with Crippen molar-refractivity contribution in [2.75, 3.05) is 10.6 Å². The fourth-order valence-corrected chi connectivity index (χ4v) is 2.44. The molecule has 0 amide bonds. The molecule has 2 aromatic heterocycles. The second-order valence-electron chi connectivity index (χ2n) is 5.83. The van der Waals surface area contributed by atoms with E-state index in [0.717, 1.165) is 12.3 Å². The van der Waals surface area contributed by atoms with E-state index in [2.05, 4.69) is 30.6 Å². The first kappa shape index (κ1) is 19.1. The summed E-state index contributed by atoms with van der Waals surface area (Å²) in [5.41, 5.74) is 4.40. The minimum Gasteiger partial charge on any atom is -0.387 e. The summed E-state index contributed by atoms with van der Waals surface area (Å²) >= 11 is 4.80. The molecule has 0 aliphatic heterocycles. The van der Waals surface area contributed by atoms with Gasteiger partial charge < -0.3 is 16.4 Å². The van der Waals surface area contributed by atoms with Crippen molar-refractivity contribution in [2.24, 2.45) is 5.73 Å². The summed E-state index contributed by atoms with van der Waals surface area (Å²) < 4.78 is 64.2. The maximum Gasteiger partial charge on any atom is 0.433 e. The molecule has 2 aromatic rings. The third-order valence-electron chi connectivity index (χ3n) is 3.59. The van der Waals surface area contributed by atoms with Crippen LogP contribution in [0.25, 0.3) is 0 Å². The van der Waals surface area contributed by atoms with Gasteiger partial charge in [-0.3, -0.25) is 4.98 Å². The molecule has 2 heterocycles. The molecule has 3 rings (SSSR count). The number of nitrogens with one attached hydrogen (secondary N) is 2. The lowest BCUT2D eigenvalue weighted by Crippen LogP contribution is -2.44. The molecule has 0 spiro atoms. The summed E-state index contributed by atoms with van der Waals surface area (Å²) in [6, 6.07) is 1.50. The largest absolute Gasteiger partial charge is 0.433 e. The van der Waals surface area contributed by atoms with Gasteiger partial charge in [-0.05, 0) is 12.1 Å². The summed E-state index contributed by atoms with van der Waals surface area (Å²) in [5.74, 6) is -3.08. The van der Waals surface area contributed by atoms with Gasteiger partial charge in [-0.15, -0.1) is 0 Å². The van der Waals surface area contributed by atoms with Gasteiger partial charge in [0.1, 0.15) is 10.7 Å². The highest BCUT2D eigenvalue weighted by Gasteiger charge is 2.45. The van der Waals surface area contributed by atoms with Crippen LogP contribution in [0.2, 0.25) is 0 Å². The van der Waals surface area contributed by atoms with E-state index >= 15 is 0 Å². The molecule has 0 bridgehead atoms. The van der Waals surface area contributed by atoms with Crippen LogP contribution in [0, 0.1) is 0 Å². The first-order valence-electron chi connectivity index (χ1n) is 7.52. The minimum atomic E-state index is -4.62. The zero-order valence-corrected chi connectivity index (χ0v) is 14.2. The molecule has 0 saturated heterocycles. The zero-order valence-electron chi connectivity index (χ0n) is 13.4. The maximum absolute atomic E-state index is 13.0. The SMILES string of the molecule is NC(=S)c1nc(Nc2ccnc(C(F)(F)F)c2)nc(NC2CC(F)(F)C2)n1. The van der Waals surface area contributed by atoms with Crippen molar-refractivity contribution in [3.8, 4) is 0 Å². The molecule has 7 nitrogen and oxygen atoms in total. The van der Waals surface area contributed by atoms with Gasteiger partial charge in [0.15, 0.2) is 5.82 Å². The highest BCUT2D eigenvalue weighted by Crippen LogP contribution is 2.38. The third-order valence-corrected chi connectivity index (χ3v) is 3.77. The Morgan fingerprint density at radius 1 is 1.19 bits per heavy atom. The molecule has 144 valence electrons. The number of anilines is 3. The van der Waals surface area contributed by atoms with Crippen LogP contribution >= 0.6 is 12.2 Å². The predicted molar refractivity (Wildman–Crippen MR) is 89.8 cm³/mol. The van der Waals surface area contributed by atoms with E-state index in [1.807, 2.05) is 0 Å². The standard InChI is InChI=1S/C14H12F5N7S/c15-13(16)4-7(5-13)23-12-25-10(9(20)27)24-11(26-12)22-6-1-2-21-8(3-6)14(17,18)19/h1-3,7H,4-5H2,(H2,20,27)(H2,21,22,23,24,25,26). The van der Waals surface area contributed by atoms with Crippen molar-refractivity contribution >= 4 is 34.8 Å². The molecule has 0 atom stereocenters. The molecule has 0 radical (unpaired) electrons. The molecule has 1 fully saturated rings. The molecular formula is C14H12F5N7S. The van der Waals surface area contributed by atoms with Gasteiger partial charge in [0.25, 0.3) is 5.92 Å². The lowest BCUT2D eigenvalue weighted by Gasteiger charge is -2.35. The maximum atomic E-state index is 13.0. The molecule has 0 aromatic carbocycles. The molecule has 1 aliphatic carbocycles. The number of aromatic nitrogens is 4. The normalized spacial score (nSPS) is 16.5. The summed E-state index contributed by atoms with van der Waals surface area (Å²) in [6.45, 7) is 0. The van der Waals surface area contributed by atoms with Crippen molar-refractivity contribution in [2.45, 2.75) is 31.0 Å². The van der Waals surface area contributed by atoms with E-state index in [9.17, 15) is 22.0 Å². The number of alkyl halides is 5. The van der Waals surface area contributed by atoms with E-state index in [1.54, 1.807) is 0 Å². The summed E-state index contributed by atoms with van der Waals surface area (Å²) in [6.07, 6.45) is -4.42. The van der Waals surface area contributed by atoms with Crippen LogP contribution in [0.5, 0.6) is 0 Å². The Hall–Kier alpha value is -2.70. The van der Waals surface area contributed by atoms with E-state index in [-0.39, 0.29) is 41.2 Å². The quantitative estimate of drug-likeness (QED) is 0.516. The van der Waals surface area contributed by atoms with Crippen molar-refractivity contribution in [3.63, 3.8) is 0 Å². The first-order chi connectivity index (χ1) is 12.5. The Labute approximate surface area is 154 Å². The van der Waals surface area contributed by atoms with E-state index in [4.69, 9.17) is 18.0 Å². The summed E-state index contributed by atoms with van der Waals surface area (Å²) in [4.78, 5) is 14.9. The second kappa shape index (κ2) is 6.79. The zero-order chi connectivity index (χ0) is 19.8. The summed E-state index contributed by atoms with van der Waals surface area (Å²) in [5, 5.41) is 5.27. The number of rotatable bonds is 5. The number of halogens is 5. The molecular weight excluding hydrogens is 393 g/mol. The van der Waals surface area contributed by atoms with Gasteiger partial charge in [0, 0.05) is 30.8 Å².